The summed E-state index contributed by atoms with van der Waals surface area (Å²) in [5.41, 5.74) is 3.11. The molecule has 0 saturated heterocycles. The number of nitrogens with one attached hydrogen (secondary N) is 2. The maximum absolute atomic E-state index is 13.5. The molecule has 0 spiro atoms. The molecule has 1 atom stereocenters. The lowest BCUT2D eigenvalue weighted by molar-refractivity contribution is -0.113. The summed E-state index contributed by atoms with van der Waals surface area (Å²) in [7, 11) is 0. The van der Waals surface area contributed by atoms with Crippen molar-refractivity contribution in [2.45, 2.75) is 32.4 Å². The van der Waals surface area contributed by atoms with Gasteiger partial charge in [-0.2, -0.15) is 5.10 Å². The zero-order valence-electron chi connectivity index (χ0n) is 20.7. The number of anilines is 1. The summed E-state index contributed by atoms with van der Waals surface area (Å²) >= 11 is 1.31. The molecule has 2 N–H and O–H groups in total. The van der Waals surface area contributed by atoms with Crippen LogP contribution in [0, 0.1) is 5.82 Å². The summed E-state index contributed by atoms with van der Waals surface area (Å²) in [4.78, 5) is 43.8. The van der Waals surface area contributed by atoms with Crippen molar-refractivity contribution in [1.29, 1.82) is 0 Å². The van der Waals surface area contributed by atoms with Gasteiger partial charge in [0.2, 0.25) is 0 Å². The van der Waals surface area contributed by atoms with E-state index in [9.17, 15) is 18.8 Å². The molecular formula is C28H26FN5O3S. The van der Waals surface area contributed by atoms with Gasteiger partial charge >= 0.3 is 0 Å². The number of rotatable bonds is 8. The SMILES string of the molecule is C=CC(=O)Cc1ccc(NC(=O)c2nn(Cc3ccc(F)cc3)c3c2CN(C(=O)c2ccc[nH]2)C[C@H]3C)s1. The Labute approximate surface area is 222 Å². The van der Waals surface area contributed by atoms with Gasteiger partial charge in [-0.05, 0) is 48.0 Å². The molecule has 2 amide bonds. The van der Waals surface area contributed by atoms with Gasteiger partial charge in [0, 0.05) is 41.2 Å². The Balaban J connectivity index is 1.47. The molecule has 38 heavy (non-hydrogen) atoms. The van der Waals surface area contributed by atoms with Gasteiger partial charge < -0.3 is 15.2 Å². The summed E-state index contributed by atoms with van der Waals surface area (Å²) in [6.07, 6.45) is 3.20. The Morgan fingerprint density at radius 3 is 2.71 bits per heavy atom. The number of fused-ring (bicyclic) bond motifs is 1. The molecule has 1 aliphatic rings. The van der Waals surface area contributed by atoms with Crippen molar-refractivity contribution in [2.24, 2.45) is 0 Å². The van der Waals surface area contributed by atoms with Crippen molar-refractivity contribution >= 4 is 33.9 Å². The van der Waals surface area contributed by atoms with Crippen LogP contribution in [0.25, 0.3) is 0 Å². The van der Waals surface area contributed by atoms with Crippen LogP contribution in [0.4, 0.5) is 9.39 Å². The number of ketones is 1. The molecule has 0 aliphatic carbocycles. The topological polar surface area (TPSA) is 100 Å². The smallest absolute Gasteiger partial charge is 0.277 e. The van der Waals surface area contributed by atoms with Crippen LogP contribution in [0.15, 0.2) is 67.4 Å². The summed E-state index contributed by atoms with van der Waals surface area (Å²) in [5, 5.41) is 8.17. The van der Waals surface area contributed by atoms with Crippen molar-refractivity contribution in [1.82, 2.24) is 19.7 Å². The summed E-state index contributed by atoms with van der Waals surface area (Å²) in [6, 6.07) is 13.2. The lowest BCUT2D eigenvalue weighted by Crippen LogP contribution is -2.38. The van der Waals surface area contributed by atoms with Crippen LogP contribution in [-0.2, 0) is 24.3 Å². The molecule has 194 valence electrons. The second-order valence-corrected chi connectivity index (χ2v) is 10.4. The second kappa shape index (κ2) is 10.6. The number of carbonyl (C=O) groups excluding carboxylic acids is 3. The highest BCUT2D eigenvalue weighted by molar-refractivity contribution is 7.16. The number of allylic oxidation sites excluding steroid dienone is 1. The molecule has 0 saturated carbocycles. The summed E-state index contributed by atoms with van der Waals surface area (Å²) in [6.45, 7) is 6.55. The Morgan fingerprint density at radius 2 is 2.00 bits per heavy atom. The summed E-state index contributed by atoms with van der Waals surface area (Å²) < 4.78 is 15.2. The van der Waals surface area contributed by atoms with Crippen LogP contribution in [0.3, 0.4) is 0 Å². The number of benzene rings is 1. The van der Waals surface area contributed by atoms with Gasteiger partial charge in [-0.1, -0.05) is 25.6 Å². The molecule has 0 unspecified atom stereocenters. The van der Waals surface area contributed by atoms with Crippen molar-refractivity contribution in [3.8, 4) is 0 Å². The molecule has 1 aliphatic heterocycles. The third-order valence-electron chi connectivity index (χ3n) is 6.45. The van der Waals surface area contributed by atoms with Gasteiger partial charge in [-0.15, -0.1) is 11.3 Å². The third kappa shape index (κ3) is 5.21. The van der Waals surface area contributed by atoms with Crippen LogP contribution in [0.2, 0.25) is 0 Å². The maximum Gasteiger partial charge on any atom is 0.277 e. The van der Waals surface area contributed by atoms with Crippen LogP contribution >= 0.6 is 11.3 Å². The van der Waals surface area contributed by atoms with Crippen LogP contribution < -0.4 is 5.32 Å². The monoisotopic (exact) mass is 531 g/mol. The van der Waals surface area contributed by atoms with Gasteiger partial charge in [0.05, 0.1) is 18.1 Å². The van der Waals surface area contributed by atoms with Crippen molar-refractivity contribution in [3.05, 3.63) is 106 Å². The Bertz CT molecular complexity index is 1500. The molecule has 4 aromatic rings. The fourth-order valence-corrected chi connectivity index (χ4v) is 5.61. The average Bonchev–Trinajstić information content (AvgIpc) is 3.66. The fraction of sp³-hybridized carbons (Fsp3) is 0.214. The van der Waals surface area contributed by atoms with Gasteiger partial charge in [0.25, 0.3) is 11.8 Å². The van der Waals surface area contributed by atoms with Gasteiger partial charge in [0.15, 0.2) is 11.5 Å². The van der Waals surface area contributed by atoms with E-state index in [1.165, 1.54) is 29.5 Å². The van der Waals surface area contributed by atoms with Gasteiger partial charge in [-0.3, -0.25) is 19.1 Å². The first-order valence-electron chi connectivity index (χ1n) is 12.1. The van der Waals surface area contributed by atoms with E-state index in [0.29, 0.717) is 29.3 Å². The lowest BCUT2D eigenvalue weighted by Gasteiger charge is -2.32. The van der Waals surface area contributed by atoms with Crippen molar-refractivity contribution < 1.29 is 18.8 Å². The van der Waals surface area contributed by atoms with E-state index in [-0.39, 0.29) is 42.1 Å². The lowest BCUT2D eigenvalue weighted by atomic mass is 9.95. The van der Waals surface area contributed by atoms with E-state index >= 15 is 0 Å². The van der Waals surface area contributed by atoms with E-state index < -0.39 is 5.91 Å². The van der Waals surface area contributed by atoms with Crippen LogP contribution in [0.1, 0.15) is 55.5 Å². The van der Waals surface area contributed by atoms with Gasteiger partial charge in [0.1, 0.15) is 11.5 Å². The highest BCUT2D eigenvalue weighted by Crippen LogP contribution is 2.33. The number of hydrogen-bond donors (Lipinski definition) is 2. The minimum atomic E-state index is -0.399. The molecule has 0 radical (unpaired) electrons. The largest absolute Gasteiger partial charge is 0.357 e. The van der Waals surface area contributed by atoms with E-state index in [1.54, 1.807) is 52.2 Å². The molecule has 1 aromatic carbocycles. The minimum absolute atomic E-state index is 0.0922. The average molecular weight is 532 g/mol. The first-order chi connectivity index (χ1) is 18.3. The predicted molar refractivity (Wildman–Crippen MR) is 143 cm³/mol. The van der Waals surface area contributed by atoms with E-state index in [2.05, 4.69) is 22.0 Å². The predicted octanol–water partition coefficient (Wildman–Crippen LogP) is 4.77. The molecule has 4 heterocycles. The van der Waals surface area contributed by atoms with Crippen molar-refractivity contribution in [2.75, 3.05) is 11.9 Å². The summed E-state index contributed by atoms with van der Waals surface area (Å²) in [5.74, 6) is -1.07. The number of H-pyrrole nitrogens is 1. The number of nitrogens with zero attached hydrogens (tertiary/aromatic N) is 3. The molecular weight excluding hydrogens is 505 g/mol. The minimum Gasteiger partial charge on any atom is -0.357 e. The molecule has 0 bridgehead atoms. The second-order valence-electron chi connectivity index (χ2n) is 9.23. The first-order valence-corrected chi connectivity index (χ1v) is 13.0. The Morgan fingerprint density at radius 1 is 1.21 bits per heavy atom. The number of amides is 2. The van der Waals surface area contributed by atoms with Crippen LogP contribution in [0.5, 0.6) is 0 Å². The fourth-order valence-electron chi connectivity index (χ4n) is 4.70. The molecule has 5 rings (SSSR count). The van der Waals surface area contributed by atoms with Crippen LogP contribution in [-0.4, -0.2) is 43.8 Å². The first kappa shape index (κ1) is 25.3. The van der Waals surface area contributed by atoms with Crippen molar-refractivity contribution in [3.63, 3.8) is 0 Å². The number of carbonyl (C=O) groups is 3. The zero-order chi connectivity index (χ0) is 26.8. The quantitative estimate of drug-likeness (QED) is 0.320. The standard InChI is InChI=1S/C28H26FN5O3S/c1-3-20(35)13-21-10-11-24(38-21)31-27(36)25-22-16-33(28(37)23-5-4-12-30-23)14-17(2)26(22)34(32-25)15-18-6-8-19(29)9-7-18/h3-12,17,30H,1,13-16H2,2H3,(H,31,36)/t17-/m1/s1. The van der Waals surface area contributed by atoms with E-state index in [4.69, 9.17) is 0 Å². The number of aromatic amines is 1. The Kier molecular flexibility index (Phi) is 7.06. The number of hydrogen-bond acceptors (Lipinski definition) is 5. The third-order valence-corrected chi connectivity index (χ3v) is 7.46. The molecule has 10 heteroatoms. The van der Waals surface area contributed by atoms with Gasteiger partial charge in [-0.25, -0.2) is 4.39 Å². The molecule has 0 fully saturated rings. The molecule has 8 nitrogen and oxygen atoms in total. The normalized spacial score (nSPS) is 14.7. The number of thiophene rings is 1. The number of halogens is 1. The molecule has 3 aromatic heterocycles. The number of aromatic nitrogens is 3. The Hall–Kier alpha value is -4.31. The highest BCUT2D eigenvalue weighted by atomic mass is 32.1. The van der Waals surface area contributed by atoms with E-state index in [0.717, 1.165) is 16.1 Å². The maximum atomic E-state index is 13.5. The zero-order valence-corrected chi connectivity index (χ0v) is 21.6. The highest BCUT2D eigenvalue weighted by Gasteiger charge is 2.34. The van der Waals surface area contributed by atoms with E-state index in [1.807, 2.05) is 6.92 Å².